The van der Waals surface area contributed by atoms with Crippen LogP contribution in [0, 0.1) is 5.92 Å². The molecule has 651 valence electrons. The number of hydrogen-bond donors (Lipinski definition) is 7. The van der Waals surface area contributed by atoms with Gasteiger partial charge in [0.25, 0.3) is 0 Å². The maximum absolute atomic E-state index is 12.8. The Morgan fingerprint density at radius 1 is 0.439 bits per heavy atom. The summed E-state index contributed by atoms with van der Waals surface area (Å²) in [6, 6.07) is 38.2. The van der Waals surface area contributed by atoms with Crippen LogP contribution in [0.5, 0.6) is 0 Å². The third kappa shape index (κ3) is 29.7. The molecule has 0 spiro atoms. The normalized spacial score (nSPS) is 11.5. The summed E-state index contributed by atoms with van der Waals surface area (Å²) in [6.45, 7) is 14.5. The number of methoxy groups -OCH3 is 2. The van der Waals surface area contributed by atoms with Gasteiger partial charge in [-0.1, -0.05) is 27.7 Å². The second-order valence-corrected chi connectivity index (χ2v) is 30.2. The average Bonchev–Trinajstić information content (AvgIpc) is 1.78. The minimum atomic E-state index is -4.42. The number of alkyl halides is 12. The van der Waals surface area contributed by atoms with E-state index < -0.39 is 76.1 Å². The Kier molecular flexibility index (Phi) is 33.6. The van der Waals surface area contributed by atoms with Crippen molar-refractivity contribution in [2.75, 3.05) is 35.5 Å². The Morgan fingerprint density at radius 2 is 0.724 bits per heavy atom. The Morgan fingerprint density at radius 3 is 0.992 bits per heavy atom. The van der Waals surface area contributed by atoms with E-state index in [0.717, 1.165) is 53.1 Å². The Labute approximate surface area is 710 Å². The van der Waals surface area contributed by atoms with Crippen LogP contribution in [0.3, 0.4) is 0 Å². The number of halogens is 13. The number of aromatic carboxylic acids is 1. The largest absolute Gasteiger partial charge is 0.478 e. The van der Waals surface area contributed by atoms with E-state index in [1.165, 1.54) is 94.5 Å². The fourth-order valence-electron chi connectivity index (χ4n) is 10.6. The Hall–Kier alpha value is -12.5. The van der Waals surface area contributed by atoms with Gasteiger partial charge in [-0.3, -0.25) is 4.79 Å². The number of carbonyl (C=O) groups is 4. The number of benzene rings is 8. The van der Waals surface area contributed by atoms with Gasteiger partial charge in [0.05, 0.1) is 107 Å². The lowest BCUT2D eigenvalue weighted by atomic mass is 9.81. The van der Waals surface area contributed by atoms with E-state index in [0.29, 0.717) is 108 Å². The standard InChI is InChI=1S/C22H22F3N3O.C21H24BF3NO4.C19H16F3N3O2.C18H14F3N3O2.C4H5BrN2.C3H9N/c1-14(2)10-21(29)15-4-9-19(18(11-15)20-12-28(3)13-26-20)27-17-7-5-16(6-8-17)22(23,24)25;1-19(2,28)20(3,4)30-22-16-12-13(18(27)29-5)6-11-17(16)26-15-9-7-14(8-10-15)21(23,24)25;1-25-10-17(23-11-25)15-9-12(18(26)27-2)3-8-16(15)24-14-6-4-13(5-7-14)19(20,21)22;1-24-9-16(22-10-24)14-8-11(17(25)26)2-7-15(14)23-13-5-3-12(4-6-13)18(19,20)21;1-7-2-4(5)6-3-7;1-3(2)4/h4-9,11-14,27H,10H2,1-3H3;6-12,26,28H,1-5H3;3-11,24H,1-2H3;2-10,23H,1H3,(H,25,26);2-3H,1H3;3H,4H2,1-2H3. The highest BCUT2D eigenvalue weighted by Crippen LogP contribution is 2.39. The van der Waals surface area contributed by atoms with Gasteiger partial charge in [0.15, 0.2) is 5.78 Å². The second-order valence-electron chi connectivity index (χ2n) is 29.4. The number of anilines is 8. The molecule has 36 heteroatoms. The number of aliphatic hydroxyl groups is 1. The average molecular weight is 1780 g/mol. The molecule has 8 N–H and O–H groups in total. The summed E-state index contributed by atoms with van der Waals surface area (Å²) in [5.74, 6) is -1.84. The van der Waals surface area contributed by atoms with Crippen molar-refractivity contribution in [1.29, 1.82) is 0 Å². The number of imidazole rings is 4. The van der Waals surface area contributed by atoms with Crippen LogP contribution in [0.4, 0.5) is 98.2 Å². The fraction of sp³-hybridized carbons (Fsp3) is 0.264. The molecule has 0 saturated heterocycles. The van der Waals surface area contributed by atoms with Crippen LogP contribution >= 0.6 is 15.9 Å². The molecule has 0 saturated carbocycles. The highest BCUT2D eigenvalue weighted by molar-refractivity contribution is 9.10. The van der Waals surface area contributed by atoms with Crippen molar-refractivity contribution in [2.45, 2.75) is 104 Å². The van der Waals surface area contributed by atoms with Crippen LogP contribution < -0.4 is 32.5 Å². The van der Waals surface area contributed by atoms with Crippen LogP contribution in [0.15, 0.2) is 225 Å². The monoisotopic (exact) mass is 1780 g/mol. The number of Topliss-reactive ketones (excluding diaryl/α,β-unsaturated/α-hetero) is 1. The van der Waals surface area contributed by atoms with Gasteiger partial charge < -0.3 is 69.6 Å². The SMILES string of the molecule is CC(C)CC(=O)c1ccc(Nc2ccc(C(F)(F)F)cc2)c(-c2cn(C)cn2)c1.CC(C)N.COC(=O)c1ccc(Nc2ccc(C(F)(F)F)cc2)c(-c2cn(C)cn2)c1.COC(=O)c1ccc(Nc2ccc(C(F)(F)F)cc2)c([B]OC(C)(C)C(C)(C)O)c1.Cn1cnc(-c2cc(C(=O)O)ccc2Nc2ccc(C(F)(F)F)cc2)c1.Cn1cnc(Br)c1. The van der Waals surface area contributed by atoms with Gasteiger partial charge in [-0.2, -0.15) is 52.7 Å². The number of rotatable bonds is 21. The zero-order chi connectivity index (χ0) is 91.3. The van der Waals surface area contributed by atoms with E-state index in [4.69, 9.17) is 19.9 Å². The van der Waals surface area contributed by atoms with E-state index >= 15 is 0 Å². The summed E-state index contributed by atoms with van der Waals surface area (Å²) < 4.78 is 176. The maximum Gasteiger partial charge on any atom is 0.416 e. The first-order chi connectivity index (χ1) is 57.4. The first-order valence-electron chi connectivity index (χ1n) is 37.3. The molecule has 1 radical (unpaired) electrons. The molecule has 0 bridgehead atoms. The zero-order valence-electron chi connectivity index (χ0n) is 69.0. The molecular formula is C87H90BBrF12N13O9. The van der Waals surface area contributed by atoms with Gasteiger partial charge in [0, 0.05) is 127 Å². The summed E-state index contributed by atoms with van der Waals surface area (Å²) in [7, 11) is 11.3. The molecule has 0 aliphatic rings. The molecule has 0 fully saturated rings. The van der Waals surface area contributed by atoms with Gasteiger partial charge in [-0.15, -0.1) is 0 Å². The number of ether oxygens (including phenoxy) is 2. The predicted octanol–water partition coefficient (Wildman–Crippen LogP) is 20.8. The Bertz CT molecular complexity index is 5490. The number of nitrogens with one attached hydrogen (secondary N) is 4. The van der Waals surface area contributed by atoms with Crippen molar-refractivity contribution in [3.8, 4) is 33.8 Å². The van der Waals surface area contributed by atoms with Gasteiger partial charge in [-0.05, 0) is 231 Å². The number of carbonyl (C=O) groups excluding carboxylic acids is 3. The second kappa shape index (κ2) is 42.3. The topological polar surface area (TPSA) is 282 Å². The van der Waals surface area contributed by atoms with Crippen molar-refractivity contribution < 1.29 is 96.2 Å². The quantitative estimate of drug-likeness (QED) is 0.0152. The molecule has 22 nitrogen and oxygen atoms in total. The van der Waals surface area contributed by atoms with Crippen molar-refractivity contribution in [3.63, 3.8) is 0 Å². The van der Waals surface area contributed by atoms with Crippen LogP contribution in [-0.2, 0) is 67.0 Å². The lowest BCUT2D eigenvalue weighted by Crippen LogP contribution is -2.49. The van der Waals surface area contributed by atoms with E-state index in [9.17, 15) is 82.1 Å². The number of ketones is 1. The summed E-state index contributed by atoms with van der Waals surface area (Å²) in [5, 5.41) is 31.7. The highest BCUT2D eigenvalue weighted by Gasteiger charge is 2.37. The van der Waals surface area contributed by atoms with E-state index in [2.05, 4.69) is 57.1 Å². The number of carboxylic acid groups (broad SMARTS) is 1. The van der Waals surface area contributed by atoms with Crippen molar-refractivity contribution in [2.24, 2.45) is 39.8 Å². The first kappa shape index (κ1) is 97.6. The third-order valence-electron chi connectivity index (χ3n) is 17.6. The van der Waals surface area contributed by atoms with Crippen LogP contribution in [0.2, 0.25) is 0 Å². The van der Waals surface area contributed by atoms with E-state index in [1.807, 2.05) is 65.8 Å². The lowest BCUT2D eigenvalue weighted by molar-refractivity contribution is -0.138. The molecule has 0 unspecified atom stereocenters. The van der Waals surface area contributed by atoms with E-state index in [1.54, 1.807) is 135 Å². The zero-order valence-corrected chi connectivity index (χ0v) is 70.6. The number of aryl methyl sites for hydroxylation is 4. The number of nitrogens with two attached hydrogens (primary N) is 1. The smallest absolute Gasteiger partial charge is 0.416 e. The van der Waals surface area contributed by atoms with Crippen molar-refractivity contribution in [1.82, 2.24) is 38.2 Å². The minimum absolute atomic E-state index is 0.0401. The predicted molar refractivity (Wildman–Crippen MR) is 452 cm³/mol. The summed E-state index contributed by atoms with van der Waals surface area (Å²) in [6.07, 6.45) is -3.37. The third-order valence-corrected chi connectivity index (χ3v) is 18.1. The van der Waals surface area contributed by atoms with Crippen LogP contribution in [0.25, 0.3) is 33.8 Å². The number of esters is 2. The van der Waals surface area contributed by atoms with Gasteiger partial charge >= 0.3 is 50.1 Å². The van der Waals surface area contributed by atoms with Crippen molar-refractivity contribution in [3.05, 3.63) is 269 Å². The molecule has 12 rings (SSSR count). The first-order valence-corrected chi connectivity index (χ1v) is 38.0. The maximum atomic E-state index is 12.8. The summed E-state index contributed by atoms with van der Waals surface area (Å²) in [4.78, 5) is 64.2. The molecule has 4 aromatic heterocycles. The number of aromatic nitrogens is 8. The molecule has 123 heavy (non-hydrogen) atoms. The number of nitrogens with zero attached hydrogens (tertiary/aromatic N) is 8. The van der Waals surface area contributed by atoms with Crippen LogP contribution in [-0.4, -0.2) is 111 Å². The Balaban J connectivity index is 0.000000216. The molecule has 0 aliphatic heterocycles. The molecule has 0 amide bonds. The number of hydrogen-bond acceptors (Lipinski definition) is 17. The summed E-state index contributed by atoms with van der Waals surface area (Å²) in [5.41, 5.74) is 9.63. The molecule has 4 heterocycles. The van der Waals surface area contributed by atoms with Crippen LogP contribution in [0.1, 0.15) is 125 Å². The molecule has 8 aromatic carbocycles. The van der Waals surface area contributed by atoms with E-state index in [-0.39, 0.29) is 22.8 Å². The molecule has 12 aromatic rings. The van der Waals surface area contributed by atoms with Gasteiger partial charge in [0.2, 0.25) is 0 Å². The van der Waals surface area contributed by atoms with Gasteiger partial charge in [0.1, 0.15) is 4.60 Å². The number of carboxylic acids is 1. The molecule has 0 atom stereocenters. The molecule has 0 aliphatic carbocycles. The minimum Gasteiger partial charge on any atom is -0.478 e. The van der Waals surface area contributed by atoms with Gasteiger partial charge in [-0.25, -0.2) is 34.3 Å². The highest BCUT2D eigenvalue weighted by atomic mass is 79.9. The van der Waals surface area contributed by atoms with Crippen molar-refractivity contribution >= 4 is 98.1 Å². The fourth-order valence-corrected chi connectivity index (χ4v) is 11.1. The lowest BCUT2D eigenvalue weighted by Gasteiger charge is -2.37. The summed E-state index contributed by atoms with van der Waals surface area (Å²) >= 11 is 3.20. The molecular weight excluding hydrogens is 1690 g/mol.